The Morgan fingerprint density at radius 2 is 1.82 bits per heavy atom. The minimum atomic E-state index is -0.357. The molecule has 3 rings (SSSR count). The van der Waals surface area contributed by atoms with Crippen LogP contribution in [0, 0.1) is 6.92 Å². The zero-order chi connectivity index (χ0) is 20.1. The highest BCUT2D eigenvalue weighted by atomic mass is 32.2. The fraction of sp³-hybridized carbons (Fsp3) is 0.227. The Kier molecular flexibility index (Phi) is 6.65. The summed E-state index contributed by atoms with van der Waals surface area (Å²) in [6.45, 7) is 4.47. The molecule has 0 atom stereocenters. The lowest BCUT2D eigenvalue weighted by molar-refractivity contribution is -0.113. The molecule has 1 heterocycles. The summed E-state index contributed by atoms with van der Waals surface area (Å²) < 4.78 is 5.68. The fourth-order valence-corrected chi connectivity index (χ4v) is 3.94. The molecule has 0 aliphatic carbocycles. The second-order valence-electron chi connectivity index (χ2n) is 6.46. The molecule has 0 N–H and O–H groups in total. The van der Waals surface area contributed by atoms with Crippen LogP contribution in [-0.4, -0.2) is 22.8 Å². The Morgan fingerprint density at radius 3 is 2.46 bits per heavy atom. The average molecular weight is 412 g/mol. The van der Waals surface area contributed by atoms with Gasteiger partial charge in [-0.15, -0.1) is 0 Å². The van der Waals surface area contributed by atoms with Gasteiger partial charge in [0.25, 0.3) is 5.91 Å². The maximum Gasteiger partial charge on any atom is 0.338 e. The number of thioether (sulfide) groups is 1. The number of hydrogen-bond donors (Lipinski definition) is 0. The first-order valence-corrected chi connectivity index (χ1v) is 10.3. The van der Waals surface area contributed by atoms with Crippen LogP contribution < -0.4 is 4.90 Å². The lowest BCUT2D eigenvalue weighted by Crippen LogP contribution is -2.27. The van der Waals surface area contributed by atoms with Crippen molar-refractivity contribution >= 4 is 51.9 Å². The van der Waals surface area contributed by atoms with E-state index in [1.165, 1.54) is 16.7 Å². The molecule has 1 aliphatic rings. The molecule has 0 spiro atoms. The van der Waals surface area contributed by atoms with Gasteiger partial charge in [0.2, 0.25) is 0 Å². The van der Waals surface area contributed by atoms with E-state index in [2.05, 4.69) is 0 Å². The van der Waals surface area contributed by atoms with Gasteiger partial charge < -0.3 is 4.74 Å². The summed E-state index contributed by atoms with van der Waals surface area (Å²) in [5, 5.41) is 0. The van der Waals surface area contributed by atoms with Crippen LogP contribution in [0.2, 0.25) is 0 Å². The van der Waals surface area contributed by atoms with Crippen LogP contribution in [0.15, 0.2) is 53.4 Å². The molecule has 1 fully saturated rings. The van der Waals surface area contributed by atoms with Crippen LogP contribution in [-0.2, 0) is 9.53 Å². The number of esters is 1. The minimum absolute atomic E-state index is 0.158. The van der Waals surface area contributed by atoms with Crippen LogP contribution in [0.3, 0.4) is 0 Å². The van der Waals surface area contributed by atoms with Gasteiger partial charge in [0, 0.05) is 0 Å². The molecule has 28 heavy (non-hydrogen) atoms. The number of rotatable bonds is 6. The zero-order valence-electron chi connectivity index (χ0n) is 15.8. The molecule has 1 amide bonds. The van der Waals surface area contributed by atoms with E-state index >= 15 is 0 Å². The number of hydrogen-bond acceptors (Lipinski definition) is 5. The molecular weight excluding hydrogens is 390 g/mol. The van der Waals surface area contributed by atoms with Gasteiger partial charge in [0.1, 0.15) is 0 Å². The van der Waals surface area contributed by atoms with Crippen molar-refractivity contribution in [1.82, 2.24) is 0 Å². The molecule has 1 aliphatic heterocycles. The summed E-state index contributed by atoms with van der Waals surface area (Å²) in [6.07, 6.45) is 3.66. The highest BCUT2D eigenvalue weighted by molar-refractivity contribution is 8.27. The Morgan fingerprint density at radius 1 is 1.14 bits per heavy atom. The largest absolute Gasteiger partial charge is 0.462 e. The smallest absolute Gasteiger partial charge is 0.338 e. The van der Waals surface area contributed by atoms with Crippen LogP contribution in [0.4, 0.5) is 5.69 Å². The van der Waals surface area contributed by atoms with Crippen molar-refractivity contribution in [2.24, 2.45) is 0 Å². The molecule has 0 unspecified atom stereocenters. The first-order chi connectivity index (χ1) is 13.5. The van der Waals surface area contributed by atoms with E-state index in [1.54, 1.807) is 24.3 Å². The summed E-state index contributed by atoms with van der Waals surface area (Å²) in [7, 11) is 0. The Hall–Kier alpha value is -2.44. The van der Waals surface area contributed by atoms with E-state index in [-0.39, 0.29) is 11.9 Å². The van der Waals surface area contributed by atoms with E-state index in [0.29, 0.717) is 27.1 Å². The molecule has 144 valence electrons. The summed E-state index contributed by atoms with van der Waals surface area (Å²) in [5.41, 5.74) is 3.22. The van der Waals surface area contributed by atoms with Gasteiger partial charge in [-0.1, -0.05) is 67.2 Å². The molecule has 6 heteroatoms. The molecule has 2 aromatic rings. The number of unbranched alkanes of at least 4 members (excludes halogenated alkanes) is 1. The number of carbonyl (C=O) groups is 2. The van der Waals surface area contributed by atoms with Gasteiger partial charge in [0.15, 0.2) is 4.32 Å². The van der Waals surface area contributed by atoms with Crippen LogP contribution in [0.1, 0.15) is 41.3 Å². The van der Waals surface area contributed by atoms with Crippen molar-refractivity contribution in [1.29, 1.82) is 0 Å². The SMILES string of the molecule is CCCCOC(=O)c1ccc(N2C(=O)/C(=C/c3ccc(C)cc3)SC2=S)cc1. The van der Waals surface area contributed by atoms with Gasteiger partial charge in [0.05, 0.1) is 22.8 Å². The fourth-order valence-electron chi connectivity index (χ4n) is 2.64. The van der Waals surface area contributed by atoms with Crippen molar-refractivity contribution in [3.8, 4) is 0 Å². The molecule has 0 radical (unpaired) electrons. The maximum absolute atomic E-state index is 12.8. The standard InChI is InChI=1S/C22H21NO3S2/c1-3-4-13-26-21(25)17-9-11-18(12-10-17)23-20(24)19(28-22(23)27)14-16-7-5-15(2)6-8-16/h5-12,14H,3-4,13H2,1-2H3/b19-14-. The van der Waals surface area contributed by atoms with Gasteiger partial charge in [-0.3, -0.25) is 9.69 Å². The van der Waals surface area contributed by atoms with Crippen molar-refractivity contribution in [3.05, 3.63) is 70.1 Å². The van der Waals surface area contributed by atoms with E-state index in [1.807, 2.05) is 44.2 Å². The van der Waals surface area contributed by atoms with Crippen molar-refractivity contribution in [2.75, 3.05) is 11.5 Å². The quantitative estimate of drug-likeness (QED) is 0.277. The Bertz CT molecular complexity index is 918. The first-order valence-electron chi connectivity index (χ1n) is 9.11. The van der Waals surface area contributed by atoms with Crippen LogP contribution in [0.25, 0.3) is 6.08 Å². The van der Waals surface area contributed by atoms with Gasteiger partial charge in [-0.25, -0.2) is 4.79 Å². The zero-order valence-corrected chi connectivity index (χ0v) is 17.4. The molecule has 1 saturated heterocycles. The van der Waals surface area contributed by atoms with E-state index in [0.717, 1.165) is 24.0 Å². The average Bonchev–Trinajstić information content (AvgIpc) is 2.97. The third-order valence-corrected chi connectivity index (χ3v) is 5.56. The predicted octanol–water partition coefficient (Wildman–Crippen LogP) is 5.36. The van der Waals surface area contributed by atoms with Gasteiger partial charge in [-0.2, -0.15) is 0 Å². The second kappa shape index (κ2) is 9.17. The molecule has 0 saturated carbocycles. The summed E-state index contributed by atoms with van der Waals surface area (Å²) >= 11 is 6.68. The predicted molar refractivity (Wildman–Crippen MR) is 118 cm³/mol. The first kappa shape index (κ1) is 20.3. The monoisotopic (exact) mass is 411 g/mol. The Labute approximate surface area is 174 Å². The lowest BCUT2D eigenvalue weighted by Gasteiger charge is -2.14. The van der Waals surface area contributed by atoms with Gasteiger partial charge in [-0.05, 0) is 49.2 Å². The lowest BCUT2D eigenvalue weighted by atomic mass is 10.1. The number of benzene rings is 2. The number of thiocarbonyl (C=S) groups is 1. The number of aryl methyl sites for hydroxylation is 1. The second-order valence-corrected chi connectivity index (χ2v) is 8.14. The molecule has 2 aromatic carbocycles. The third-order valence-electron chi connectivity index (χ3n) is 4.26. The summed E-state index contributed by atoms with van der Waals surface area (Å²) in [5.74, 6) is -0.515. The van der Waals surface area contributed by atoms with E-state index in [9.17, 15) is 9.59 Å². The maximum atomic E-state index is 12.8. The Balaban J connectivity index is 1.74. The molecular formula is C22H21NO3S2. The normalized spacial score (nSPS) is 15.4. The molecule has 0 bridgehead atoms. The minimum Gasteiger partial charge on any atom is -0.462 e. The number of amides is 1. The van der Waals surface area contributed by atoms with Crippen LogP contribution in [0.5, 0.6) is 0 Å². The molecule has 0 aromatic heterocycles. The van der Waals surface area contributed by atoms with Crippen LogP contribution >= 0.6 is 24.0 Å². The van der Waals surface area contributed by atoms with Crippen molar-refractivity contribution < 1.29 is 14.3 Å². The number of carbonyl (C=O) groups excluding carboxylic acids is 2. The van der Waals surface area contributed by atoms with Crippen molar-refractivity contribution in [2.45, 2.75) is 26.7 Å². The number of anilines is 1. The van der Waals surface area contributed by atoms with E-state index < -0.39 is 0 Å². The van der Waals surface area contributed by atoms with Crippen molar-refractivity contribution in [3.63, 3.8) is 0 Å². The number of ether oxygens (including phenoxy) is 1. The summed E-state index contributed by atoms with van der Waals surface area (Å²) in [4.78, 5) is 26.9. The number of nitrogens with zero attached hydrogens (tertiary/aromatic N) is 1. The van der Waals surface area contributed by atoms with E-state index in [4.69, 9.17) is 17.0 Å². The highest BCUT2D eigenvalue weighted by Gasteiger charge is 2.33. The highest BCUT2D eigenvalue weighted by Crippen LogP contribution is 2.36. The van der Waals surface area contributed by atoms with Gasteiger partial charge >= 0.3 is 5.97 Å². The summed E-state index contributed by atoms with van der Waals surface area (Å²) in [6, 6.07) is 14.7. The topological polar surface area (TPSA) is 46.6 Å². The molecule has 4 nitrogen and oxygen atoms in total. The third kappa shape index (κ3) is 4.69.